The lowest BCUT2D eigenvalue weighted by Crippen LogP contribution is -2.17. The van der Waals surface area contributed by atoms with E-state index >= 15 is 0 Å². The molecule has 1 aromatic heterocycles. The molecule has 0 atom stereocenters. The highest BCUT2D eigenvalue weighted by Crippen LogP contribution is 2.15. The number of Topliss-reactive ketones (excluding diaryl/α,β-unsaturated/α-hetero) is 1. The van der Waals surface area contributed by atoms with Crippen LogP contribution < -0.4 is 10.1 Å². The van der Waals surface area contributed by atoms with Gasteiger partial charge in [-0.1, -0.05) is 12.1 Å². The Morgan fingerprint density at radius 3 is 2.79 bits per heavy atom. The van der Waals surface area contributed by atoms with Crippen molar-refractivity contribution < 1.29 is 14.3 Å². The van der Waals surface area contributed by atoms with Crippen molar-refractivity contribution in [3.63, 3.8) is 0 Å². The van der Waals surface area contributed by atoms with Crippen LogP contribution in [0.15, 0.2) is 36.5 Å². The first-order chi connectivity index (χ1) is 11.5. The molecule has 0 fully saturated rings. The Labute approximate surface area is 141 Å². The highest BCUT2D eigenvalue weighted by atomic mass is 16.5. The Balaban J connectivity index is 1.76. The maximum absolute atomic E-state index is 12.0. The summed E-state index contributed by atoms with van der Waals surface area (Å²) in [4.78, 5) is 23.3. The van der Waals surface area contributed by atoms with Gasteiger partial charge in [-0.25, -0.2) is 4.68 Å². The number of amides is 1. The van der Waals surface area contributed by atoms with Crippen LogP contribution in [0.1, 0.15) is 50.0 Å². The van der Waals surface area contributed by atoms with E-state index in [0.717, 1.165) is 0 Å². The molecule has 128 valence electrons. The van der Waals surface area contributed by atoms with Crippen LogP contribution in [0.3, 0.4) is 0 Å². The van der Waals surface area contributed by atoms with Crippen molar-refractivity contribution in [2.75, 3.05) is 11.9 Å². The van der Waals surface area contributed by atoms with Gasteiger partial charge in [0.15, 0.2) is 5.78 Å². The zero-order valence-electron chi connectivity index (χ0n) is 14.3. The predicted octanol–water partition coefficient (Wildman–Crippen LogP) is 3.46. The van der Waals surface area contributed by atoms with Gasteiger partial charge >= 0.3 is 0 Å². The number of hydrogen-bond acceptors (Lipinski definition) is 4. The van der Waals surface area contributed by atoms with Crippen LogP contribution in [-0.2, 0) is 4.79 Å². The van der Waals surface area contributed by atoms with Crippen LogP contribution in [-0.4, -0.2) is 28.1 Å². The largest absolute Gasteiger partial charge is 0.494 e. The number of ether oxygens (including phenoxy) is 1. The highest BCUT2D eigenvalue weighted by Gasteiger charge is 2.09. The summed E-state index contributed by atoms with van der Waals surface area (Å²) in [6.45, 7) is 5.95. The molecule has 0 aliphatic heterocycles. The normalized spacial score (nSPS) is 10.7. The first-order valence-corrected chi connectivity index (χ1v) is 8.04. The van der Waals surface area contributed by atoms with E-state index in [0.29, 0.717) is 36.6 Å². The predicted molar refractivity (Wildman–Crippen MR) is 92.4 cm³/mol. The molecule has 1 N–H and O–H groups in total. The van der Waals surface area contributed by atoms with Gasteiger partial charge in [-0.05, 0) is 39.3 Å². The molecular formula is C18H23N3O3. The lowest BCUT2D eigenvalue weighted by molar-refractivity contribution is -0.116. The summed E-state index contributed by atoms with van der Waals surface area (Å²) in [6, 6.07) is 9.01. The molecule has 0 aliphatic rings. The molecule has 1 heterocycles. The Morgan fingerprint density at radius 2 is 2.08 bits per heavy atom. The van der Waals surface area contributed by atoms with Crippen LogP contribution in [0.5, 0.6) is 5.75 Å². The summed E-state index contributed by atoms with van der Waals surface area (Å²) >= 11 is 0. The molecule has 0 saturated carbocycles. The van der Waals surface area contributed by atoms with E-state index in [1.54, 1.807) is 41.2 Å². The topological polar surface area (TPSA) is 73.2 Å². The summed E-state index contributed by atoms with van der Waals surface area (Å²) in [7, 11) is 0. The number of ketones is 1. The fourth-order valence-electron chi connectivity index (χ4n) is 2.26. The van der Waals surface area contributed by atoms with Crippen molar-refractivity contribution in [1.82, 2.24) is 9.78 Å². The quantitative estimate of drug-likeness (QED) is 0.594. The molecule has 0 bridgehead atoms. The average molecular weight is 329 g/mol. The monoisotopic (exact) mass is 329 g/mol. The van der Waals surface area contributed by atoms with E-state index in [4.69, 9.17) is 4.74 Å². The lowest BCUT2D eigenvalue weighted by atomic mass is 10.1. The number of nitrogens with one attached hydrogen (secondary N) is 1. The van der Waals surface area contributed by atoms with E-state index in [-0.39, 0.29) is 17.7 Å². The van der Waals surface area contributed by atoms with Crippen molar-refractivity contribution in [2.24, 2.45) is 0 Å². The van der Waals surface area contributed by atoms with E-state index in [2.05, 4.69) is 10.4 Å². The number of carbonyl (C=O) groups is 2. The second kappa shape index (κ2) is 8.29. The summed E-state index contributed by atoms with van der Waals surface area (Å²) in [5.41, 5.74) is 0.618. The number of nitrogens with zero attached hydrogens (tertiary/aromatic N) is 2. The zero-order chi connectivity index (χ0) is 17.5. The van der Waals surface area contributed by atoms with Crippen molar-refractivity contribution in [3.8, 4) is 5.75 Å². The second-order valence-corrected chi connectivity index (χ2v) is 5.84. The molecule has 6 nitrogen and oxygen atoms in total. The van der Waals surface area contributed by atoms with Gasteiger partial charge in [0.1, 0.15) is 11.6 Å². The van der Waals surface area contributed by atoms with Crippen molar-refractivity contribution in [2.45, 2.75) is 39.7 Å². The average Bonchev–Trinajstić information content (AvgIpc) is 3.00. The first kappa shape index (κ1) is 17.7. The number of aromatic nitrogens is 2. The summed E-state index contributed by atoms with van der Waals surface area (Å²) in [5.74, 6) is 1.27. The molecule has 0 spiro atoms. The standard InChI is InChI=1S/C18H23N3O3/c1-13(2)21-17(9-10-19-21)20-18(23)8-5-11-24-16-7-4-6-15(12-16)14(3)22/h4,6-7,9-10,12-13H,5,8,11H2,1-3H3,(H,20,23). The molecule has 2 rings (SSSR count). The van der Waals surface area contributed by atoms with E-state index in [1.165, 1.54) is 6.92 Å². The highest BCUT2D eigenvalue weighted by molar-refractivity contribution is 5.94. The van der Waals surface area contributed by atoms with E-state index in [9.17, 15) is 9.59 Å². The van der Waals surface area contributed by atoms with Gasteiger partial charge < -0.3 is 10.1 Å². The fourth-order valence-corrected chi connectivity index (χ4v) is 2.26. The zero-order valence-corrected chi connectivity index (χ0v) is 14.3. The Morgan fingerprint density at radius 1 is 1.29 bits per heavy atom. The summed E-state index contributed by atoms with van der Waals surface area (Å²) < 4.78 is 7.36. The number of anilines is 1. The molecule has 24 heavy (non-hydrogen) atoms. The molecule has 1 amide bonds. The van der Waals surface area contributed by atoms with Crippen LogP contribution in [0.4, 0.5) is 5.82 Å². The lowest BCUT2D eigenvalue weighted by Gasteiger charge is -2.12. The van der Waals surface area contributed by atoms with E-state index < -0.39 is 0 Å². The van der Waals surface area contributed by atoms with Crippen molar-refractivity contribution >= 4 is 17.5 Å². The minimum atomic E-state index is -0.0708. The van der Waals surface area contributed by atoms with E-state index in [1.807, 2.05) is 13.8 Å². The first-order valence-electron chi connectivity index (χ1n) is 8.04. The molecular weight excluding hydrogens is 306 g/mol. The SMILES string of the molecule is CC(=O)c1cccc(OCCCC(=O)Nc2ccnn2C(C)C)c1. The maximum Gasteiger partial charge on any atom is 0.225 e. The molecule has 0 aliphatic carbocycles. The minimum Gasteiger partial charge on any atom is -0.494 e. The third-order valence-electron chi connectivity index (χ3n) is 3.48. The number of hydrogen-bond donors (Lipinski definition) is 1. The number of carbonyl (C=O) groups excluding carboxylic acids is 2. The van der Waals surface area contributed by atoms with Gasteiger partial charge in [-0.3, -0.25) is 9.59 Å². The molecule has 0 unspecified atom stereocenters. The fraction of sp³-hybridized carbons (Fsp3) is 0.389. The van der Waals surface area contributed by atoms with Crippen LogP contribution in [0, 0.1) is 0 Å². The van der Waals surface area contributed by atoms with Crippen LogP contribution in [0.25, 0.3) is 0 Å². The number of benzene rings is 1. The Hall–Kier alpha value is -2.63. The maximum atomic E-state index is 12.0. The molecule has 0 saturated heterocycles. The van der Waals surface area contributed by atoms with Crippen LogP contribution >= 0.6 is 0 Å². The Kier molecular flexibility index (Phi) is 6.12. The van der Waals surface area contributed by atoms with Gasteiger partial charge in [0.2, 0.25) is 5.91 Å². The Bertz CT molecular complexity index is 707. The smallest absolute Gasteiger partial charge is 0.225 e. The van der Waals surface area contributed by atoms with Gasteiger partial charge in [0.05, 0.1) is 12.8 Å². The van der Waals surface area contributed by atoms with Crippen LogP contribution in [0.2, 0.25) is 0 Å². The van der Waals surface area contributed by atoms with Gasteiger partial charge in [0.25, 0.3) is 0 Å². The summed E-state index contributed by atoms with van der Waals surface area (Å²) in [6.07, 6.45) is 2.61. The molecule has 1 aromatic carbocycles. The minimum absolute atomic E-state index is 0.00147. The summed E-state index contributed by atoms with van der Waals surface area (Å²) in [5, 5.41) is 7.03. The molecule has 0 radical (unpaired) electrons. The van der Waals surface area contributed by atoms with Gasteiger partial charge in [-0.2, -0.15) is 5.10 Å². The molecule has 6 heteroatoms. The van der Waals surface area contributed by atoms with Crippen molar-refractivity contribution in [3.05, 3.63) is 42.1 Å². The number of rotatable bonds is 8. The van der Waals surface area contributed by atoms with Crippen molar-refractivity contribution in [1.29, 1.82) is 0 Å². The molecule has 2 aromatic rings. The third-order valence-corrected chi connectivity index (χ3v) is 3.48. The van der Waals surface area contributed by atoms with Gasteiger partial charge in [-0.15, -0.1) is 0 Å². The third kappa shape index (κ3) is 4.94. The van der Waals surface area contributed by atoms with Gasteiger partial charge in [0, 0.05) is 24.1 Å². The second-order valence-electron chi connectivity index (χ2n) is 5.84.